The number of ether oxygens (including phenoxy) is 3. The molecule has 37 heavy (non-hydrogen) atoms. The molecule has 7 heteroatoms. The van der Waals surface area contributed by atoms with E-state index >= 15 is 0 Å². The van der Waals surface area contributed by atoms with Crippen LogP contribution in [0.4, 0.5) is 0 Å². The number of halogens is 2. The summed E-state index contributed by atoms with van der Waals surface area (Å²) in [6.07, 6.45) is 1.66. The molecule has 5 rings (SSSR count). The van der Waals surface area contributed by atoms with Crippen LogP contribution < -0.4 is 9.47 Å². The first kappa shape index (κ1) is 24.8. The van der Waals surface area contributed by atoms with Crippen molar-refractivity contribution in [2.75, 3.05) is 7.11 Å². The number of aliphatic imine (C=N–C) groups is 1. The van der Waals surface area contributed by atoms with Crippen molar-refractivity contribution in [3.05, 3.63) is 123 Å². The molecule has 0 saturated heterocycles. The van der Waals surface area contributed by atoms with Gasteiger partial charge in [0.25, 0.3) is 0 Å². The van der Waals surface area contributed by atoms with Crippen molar-refractivity contribution >= 4 is 45.5 Å². The van der Waals surface area contributed by atoms with Gasteiger partial charge in [-0.25, -0.2) is 9.79 Å². The number of rotatable bonds is 7. The summed E-state index contributed by atoms with van der Waals surface area (Å²) in [4.78, 5) is 17.0. The SMILES string of the molecule is COc1cc(/C=C2\N=C(c3ccc(-c4ccccc4)cc3)OC2=O)cc(Br)c1OCc1ccc(Cl)cc1. The molecule has 0 aromatic heterocycles. The average molecular weight is 575 g/mol. The van der Waals surface area contributed by atoms with Crippen LogP contribution in [0, 0.1) is 0 Å². The Morgan fingerprint density at radius 3 is 2.30 bits per heavy atom. The Morgan fingerprint density at radius 1 is 0.919 bits per heavy atom. The minimum absolute atomic E-state index is 0.200. The molecule has 0 saturated carbocycles. The fourth-order valence-corrected chi connectivity index (χ4v) is 4.53. The smallest absolute Gasteiger partial charge is 0.363 e. The molecular formula is C30H21BrClNO4. The monoisotopic (exact) mass is 573 g/mol. The Bertz CT molecular complexity index is 1500. The fraction of sp³-hybridized carbons (Fsp3) is 0.0667. The molecule has 0 amide bonds. The van der Waals surface area contributed by atoms with Crippen molar-refractivity contribution in [3.8, 4) is 22.6 Å². The van der Waals surface area contributed by atoms with E-state index in [9.17, 15) is 4.79 Å². The highest BCUT2D eigenvalue weighted by Gasteiger charge is 2.24. The third-order valence-corrected chi connectivity index (χ3v) is 6.55. The van der Waals surface area contributed by atoms with E-state index in [0.29, 0.717) is 33.2 Å². The summed E-state index contributed by atoms with van der Waals surface area (Å²) in [7, 11) is 1.56. The van der Waals surface area contributed by atoms with Crippen LogP contribution in [0.15, 0.2) is 106 Å². The van der Waals surface area contributed by atoms with Crippen molar-refractivity contribution in [1.82, 2.24) is 0 Å². The fourth-order valence-electron chi connectivity index (χ4n) is 3.83. The number of benzene rings is 4. The summed E-state index contributed by atoms with van der Waals surface area (Å²) < 4.78 is 17.7. The first-order valence-electron chi connectivity index (χ1n) is 11.4. The molecule has 5 nitrogen and oxygen atoms in total. The van der Waals surface area contributed by atoms with E-state index in [1.807, 2.05) is 84.9 Å². The molecule has 1 aliphatic heterocycles. The summed E-state index contributed by atoms with van der Waals surface area (Å²) in [5.74, 6) is 0.823. The highest BCUT2D eigenvalue weighted by atomic mass is 79.9. The second-order valence-electron chi connectivity index (χ2n) is 8.23. The maximum absolute atomic E-state index is 12.6. The molecule has 0 spiro atoms. The predicted molar refractivity (Wildman–Crippen MR) is 149 cm³/mol. The minimum atomic E-state index is -0.514. The Hall–Kier alpha value is -3.87. The molecular weight excluding hydrogens is 554 g/mol. The second-order valence-corrected chi connectivity index (χ2v) is 9.52. The van der Waals surface area contributed by atoms with Crippen molar-refractivity contribution in [2.45, 2.75) is 6.61 Å². The van der Waals surface area contributed by atoms with Gasteiger partial charge in [-0.1, -0.05) is 66.2 Å². The van der Waals surface area contributed by atoms with Crippen molar-refractivity contribution in [1.29, 1.82) is 0 Å². The Morgan fingerprint density at radius 2 is 1.59 bits per heavy atom. The van der Waals surface area contributed by atoms with Gasteiger partial charge in [-0.15, -0.1) is 0 Å². The molecule has 1 heterocycles. The van der Waals surface area contributed by atoms with Gasteiger partial charge in [-0.05, 0) is 80.7 Å². The lowest BCUT2D eigenvalue weighted by molar-refractivity contribution is -0.129. The number of cyclic esters (lactones) is 1. The largest absolute Gasteiger partial charge is 0.493 e. The standard InChI is InChI=1S/C30H21BrClNO4/c1-35-27-17-20(15-25(31)28(27)36-18-19-7-13-24(32)14-8-19)16-26-30(34)37-29(33-26)23-11-9-22(10-12-23)21-5-3-2-4-6-21/h2-17H,18H2,1H3/b26-16-. The van der Waals surface area contributed by atoms with Gasteiger partial charge in [-0.3, -0.25) is 0 Å². The number of carbonyl (C=O) groups excluding carboxylic acids is 1. The summed E-state index contributed by atoms with van der Waals surface area (Å²) in [5.41, 5.74) is 4.78. The highest BCUT2D eigenvalue weighted by Crippen LogP contribution is 2.38. The van der Waals surface area contributed by atoms with Crippen LogP contribution in [-0.2, 0) is 16.1 Å². The lowest BCUT2D eigenvalue weighted by atomic mass is 10.0. The number of hydrogen-bond acceptors (Lipinski definition) is 5. The molecule has 0 aliphatic carbocycles. The molecule has 0 N–H and O–H groups in total. The van der Waals surface area contributed by atoms with Gasteiger partial charge in [-0.2, -0.15) is 0 Å². The van der Waals surface area contributed by atoms with E-state index in [-0.39, 0.29) is 11.6 Å². The van der Waals surface area contributed by atoms with Gasteiger partial charge >= 0.3 is 5.97 Å². The summed E-state index contributed by atoms with van der Waals surface area (Å²) in [6.45, 7) is 0.343. The molecule has 184 valence electrons. The van der Waals surface area contributed by atoms with Crippen molar-refractivity contribution in [3.63, 3.8) is 0 Å². The van der Waals surface area contributed by atoms with E-state index in [0.717, 1.165) is 22.3 Å². The van der Waals surface area contributed by atoms with E-state index in [1.165, 1.54) is 0 Å². The first-order valence-corrected chi connectivity index (χ1v) is 12.6. The average Bonchev–Trinajstić information content (AvgIpc) is 3.29. The topological polar surface area (TPSA) is 57.1 Å². The van der Waals surface area contributed by atoms with Crippen molar-refractivity contribution < 1.29 is 19.0 Å². The summed E-state index contributed by atoms with van der Waals surface area (Å²) in [6, 6.07) is 28.9. The van der Waals surface area contributed by atoms with Gasteiger partial charge in [0.2, 0.25) is 5.90 Å². The predicted octanol–water partition coefficient (Wildman–Crippen LogP) is 7.70. The molecule has 4 aromatic carbocycles. The normalized spacial score (nSPS) is 13.9. The van der Waals surface area contributed by atoms with E-state index in [1.54, 1.807) is 19.3 Å². The number of carbonyl (C=O) groups is 1. The summed E-state index contributed by atoms with van der Waals surface area (Å²) >= 11 is 9.51. The van der Waals surface area contributed by atoms with Crippen LogP contribution >= 0.6 is 27.5 Å². The Balaban J connectivity index is 1.36. The molecule has 0 atom stereocenters. The van der Waals surface area contributed by atoms with Gasteiger partial charge in [0.05, 0.1) is 11.6 Å². The van der Waals surface area contributed by atoms with E-state index in [4.69, 9.17) is 25.8 Å². The van der Waals surface area contributed by atoms with Crippen LogP contribution in [0.3, 0.4) is 0 Å². The zero-order valence-electron chi connectivity index (χ0n) is 19.8. The van der Waals surface area contributed by atoms with E-state index < -0.39 is 5.97 Å². The number of hydrogen-bond donors (Lipinski definition) is 0. The first-order chi connectivity index (χ1) is 18.0. The molecule has 0 bridgehead atoms. The molecule has 4 aromatic rings. The second kappa shape index (κ2) is 11.0. The maximum Gasteiger partial charge on any atom is 0.363 e. The van der Waals surface area contributed by atoms with Gasteiger partial charge in [0.1, 0.15) is 6.61 Å². The lowest BCUT2D eigenvalue weighted by Gasteiger charge is -2.14. The quantitative estimate of drug-likeness (QED) is 0.168. The van der Waals surface area contributed by atoms with Crippen LogP contribution in [-0.4, -0.2) is 19.0 Å². The van der Waals surface area contributed by atoms with E-state index in [2.05, 4.69) is 20.9 Å². The number of methoxy groups -OCH3 is 1. The van der Waals surface area contributed by atoms with Crippen LogP contribution in [0.25, 0.3) is 17.2 Å². The number of esters is 1. The maximum atomic E-state index is 12.6. The zero-order chi connectivity index (χ0) is 25.8. The van der Waals surface area contributed by atoms with Gasteiger partial charge < -0.3 is 14.2 Å². The third-order valence-electron chi connectivity index (χ3n) is 5.71. The van der Waals surface area contributed by atoms with Gasteiger partial charge in [0, 0.05) is 10.6 Å². The molecule has 0 radical (unpaired) electrons. The third kappa shape index (κ3) is 5.77. The van der Waals surface area contributed by atoms with Crippen LogP contribution in [0.2, 0.25) is 5.02 Å². The molecule has 1 aliphatic rings. The minimum Gasteiger partial charge on any atom is -0.493 e. The molecule has 0 unspecified atom stereocenters. The number of nitrogens with zero attached hydrogens (tertiary/aromatic N) is 1. The Kier molecular flexibility index (Phi) is 7.40. The highest BCUT2D eigenvalue weighted by molar-refractivity contribution is 9.10. The molecule has 0 fully saturated rings. The van der Waals surface area contributed by atoms with Crippen LogP contribution in [0.1, 0.15) is 16.7 Å². The van der Waals surface area contributed by atoms with Gasteiger partial charge in [0.15, 0.2) is 17.2 Å². The zero-order valence-corrected chi connectivity index (χ0v) is 22.1. The van der Waals surface area contributed by atoms with Crippen LogP contribution in [0.5, 0.6) is 11.5 Å². The van der Waals surface area contributed by atoms with Crippen molar-refractivity contribution in [2.24, 2.45) is 4.99 Å². The Labute approximate surface area is 228 Å². The summed E-state index contributed by atoms with van der Waals surface area (Å²) in [5, 5.41) is 0.667. The lowest BCUT2D eigenvalue weighted by Crippen LogP contribution is -2.05.